The predicted octanol–water partition coefficient (Wildman–Crippen LogP) is 2.67. The number of nitrogens with one attached hydrogen (secondary N) is 1. The van der Waals surface area contributed by atoms with Gasteiger partial charge in [0.1, 0.15) is 17.5 Å². The fourth-order valence-corrected chi connectivity index (χ4v) is 3.07. The summed E-state index contributed by atoms with van der Waals surface area (Å²) in [5.41, 5.74) is 2.93. The second kappa shape index (κ2) is 7.05. The van der Waals surface area contributed by atoms with Crippen LogP contribution < -0.4 is 5.32 Å². The molecular formula is C19H18FN5O. The number of rotatable bonds is 4. The Morgan fingerprint density at radius 1 is 1.23 bits per heavy atom. The van der Waals surface area contributed by atoms with Gasteiger partial charge >= 0.3 is 0 Å². The summed E-state index contributed by atoms with van der Waals surface area (Å²) in [7, 11) is 0. The topological polar surface area (TPSA) is 75.3 Å². The number of hydrogen-bond donors (Lipinski definition) is 2. The minimum atomic E-state index is -0.313. The molecule has 0 atom stereocenters. The molecule has 7 heteroatoms. The largest absolute Gasteiger partial charge is 0.394 e. The SMILES string of the molecule is OCCN=C1CCC(c2nc3ccncc3n2-c2ccccc2F)=CN1. The quantitative estimate of drug-likeness (QED) is 0.758. The lowest BCUT2D eigenvalue weighted by Gasteiger charge is -2.18. The van der Waals surface area contributed by atoms with Crippen molar-refractivity contribution in [2.75, 3.05) is 13.2 Å². The molecular weight excluding hydrogens is 333 g/mol. The van der Waals surface area contributed by atoms with Gasteiger partial charge in [-0.05, 0) is 24.6 Å². The Kier molecular flexibility index (Phi) is 4.45. The van der Waals surface area contributed by atoms with Gasteiger partial charge in [-0.25, -0.2) is 9.37 Å². The standard InChI is InChI=1S/C19H18FN5O/c20-14-3-1-2-4-16(14)25-17-12-21-8-7-15(17)24-19(25)13-5-6-18(23-11-13)22-9-10-26/h1-4,7-8,11-12,26H,5-6,9-10H2,(H,22,23). The Morgan fingerprint density at radius 3 is 2.88 bits per heavy atom. The van der Waals surface area contributed by atoms with E-state index in [1.54, 1.807) is 35.2 Å². The molecule has 26 heavy (non-hydrogen) atoms. The molecule has 0 amide bonds. The Balaban J connectivity index is 1.83. The normalized spacial score (nSPS) is 15.9. The number of para-hydroxylation sites is 1. The molecule has 0 radical (unpaired) electrons. The van der Waals surface area contributed by atoms with Crippen molar-refractivity contribution in [3.8, 4) is 5.69 Å². The number of aliphatic hydroxyl groups is 1. The van der Waals surface area contributed by atoms with E-state index in [2.05, 4.69) is 15.3 Å². The van der Waals surface area contributed by atoms with E-state index in [4.69, 9.17) is 10.1 Å². The van der Waals surface area contributed by atoms with Gasteiger partial charge in [-0.3, -0.25) is 14.5 Å². The maximum absolute atomic E-state index is 14.5. The number of amidine groups is 1. The average Bonchev–Trinajstić information content (AvgIpc) is 3.06. The number of aliphatic imine (C=N–C) groups is 1. The Bertz CT molecular complexity index is 1010. The zero-order chi connectivity index (χ0) is 17.9. The summed E-state index contributed by atoms with van der Waals surface area (Å²) >= 11 is 0. The molecule has 1 aromatic carbocycles. The first-order chi connectivity index (χ1) is 12.8. The molecule has 0 saturated heterocycles. The molecule has 0 fully saturated rings. The van der Waals surface area contributed by atoms with E-state index in [0.717, 1.165) is 28.9 Å². The first-order valence-corrected chi connectivity index (χ1v) is 8.45. The third-order valence-corrected chi connectivity index (χ3v) is 4.28. The molecule has 3 heterocycles. The van der Waals surface area contributed by atoms with Gasteiger partial charge in [0.2, 0.25) is 0 Å². The average molecular weight is 351 g/mol. The van der Waals surface area contributed by atoms with Crippen molar-refractivity contribution in [2.24, 2.45) is 4.99 Å². The first-order valence-electron chi connectivity index (χ1n) is 8.45. The lowest BCUT2D eigenvalue weighted by atomic mass is 10.1. The molecule has 0 bridgehead atoms. The molecule has 0 spiro atoms. The van der Waals surface area contributed by atoms with Crippen molar-refractivity contribution in [1.82, 2.24) is 19.9 Å². The predicted molar refractivity (Wildman–Crippen MR) is 98.6 cm³/mol. The van der Waals surface area contributed by atoms with Crippen LogP contribution in [0.5, 0.6) is 0 Å². The van der Waals surface area contributed by atoms with Gasteiger partial charge in [-0.2, -0.15) is 0 Å². The van der Waals surface area contributed by atoms with Crippen LogP contribution in [0.25, 0.3) is 22.3 Å². The zero-order valence-electron chi connectivity index (χ0n) is 14.1. The van der Waals surface area contributed by atoms with Gasteiger partial charge in [0.05, 0.1) is 36.1 Å². The minimum Gasteiger partial charge on any atom is -0.394 e. The van der Waals surface area contributed by atoms with E-state index in [-0.39, 0.29) is 12.4 Å². The number of aliphatic hydroxyl groups excluding tert-OH is 1. The number of fused-ring (bicyclic) bond motifs is 1. The summed E-state index contributed by atoms with van der Waals surface area (Å²) in [4.78, 5) is 13.2. The molecule has 132 valence electrons. The molecule has 0 aliphatic carbocycles. The third kappa shape index (κ3) is 2.97. The minimum absolute atomic E-state index is 0.0256. The number of pyridine rings is 1. The van der Waals surface area contributed by atoms with Crippen LogP contribution in [0.2, 0.25) is 0 Å². The van der Waals surface area contributed by atoms with E-state index in [9.17, 15) is 4.39 Å². The van der Waals surface area contributed by atoms with Crippen molar-refractivity contribution in [3.05, 3.63) is 60.6 Å². The highest BCUT2D eigenvalue weighted by Gasteiger charge is 2.20. The summed E-state index contributed by atoms with van der Waals surface area (Å²) in [5.74, 6) is 1.20. The Labute approximate surface area is 149 Å². The highest BCUT2D eigenvalue weighted by molar-refractivity contribution is 5.89. The van der Waals surface area contributed by atoms with E-state index in [0.29, 0.717) is 24.5 Å². The molecule has 4 rings (SSSR count). The lowest BCUT2D eigenvalue weighted by molar-refractivity contribution is 0.306. The van der Waals surface area contributed by atoms with Crippen LogP contribution in [-0.2, 0) is 0 Å². The molecule has 6 nitrogen and oxygen atoms in total. The van der Waals surface area contributed by atoms with Crippen LogP contribution in [0.15, 0.2) is 53.9 Å². The van der Waals surface area contributed by atoms with Gasteiger partial charge < -0.3 is 10.4 Å². The van der Waals surface area contributed by atoms with Gasteiger partial charge in [0.15, 0.2) is 0 Å². The number of nitrogens with zero attached hydrogens (tertiary/aromatic N) is 4. The monoisotopic (exact) mass is 351 g/mol. The Hall–Kier alpha value is -3.06. The van der Waals surface area contributed by atoms with Crippen LogP contribution in [0.4, 0.5) is 4.39 Å². The van der Waals surface area contributed by atoms with Gasteiger partial charge in [-0.1, -0.05) is 12.1 Å². The molecule has 3 aromatic rings. The summed E-state index contributed by atoms with van der Waals surface area (Å²) in [6.07, 6.45) is 6.67. The van der Waals surface area contributed by atoms with Gasteiger partial charge in [0, 0.05) is 24.4 Å². The zero-order valence-corrected chi connectivity index (χ0v) is 14.1. The van der Waals surface area contributed by atoms with Crippen LogP contribution in [0, 0.1) is 5.82 Å². The Morgan fingerprint density at radius 2 is 2.12 bits per heavy atom. The van der Waals surface area contributed by atoms with Gasteiger partial charge in [0.25, 0.3) is 0 Å². The van der Waals surface area contributed by atoms with E-state index in [1.165, 1.54) is 6.07 Å². The fraction of sp³-hybridized carbons (Fsp3) is 0.211. The molecule has 1 aliphatic rings. The molecule has 0 unspecified atom stereocenters. The third-order valence-electron chi connectivity index (χ3n) is 4.28. The second-order valence-corrected chi connectivity index (χ2v) is 5.95. The van der Waals surface area contributed by atoms with Crippen LogP contribution in [0.1, 0.15) is 18.7 Å². The van der Waals surface area contributed by atoms with Gasteiger partial charge in [-0.15, -0.1) is 0 Å². The molecule has 2 N–H and O–H groups in total. The number of hydrogen-bond acceptors (Lipinski definition) is 4. The highest BCUT2D eigenvalue weighted by atomic mass is 19.1. The van der Waals surface area contributed by atoms with E-state index < -0.39 is 0 Å². The van der Waals surface area contributed by atoms with Crippen LogP contribution in [-0.4, -0.2) is 38.6 Å². The maximum atomic E-state index is 14.5. The van der Waals surface area contributed by atoms with Crippen molar-refractivity contribution < 1.29 is 9.50 Å². The van der Waals surface area contributed by atoms with Crippen LogP contribution >= 0.6 is 0 Å². The summed E-state index contributed by atoms with van der Waals surface area (Å²) in [5, 5.41) is 12.0. The van der Waals surface area contributed by atoms with E-state index >= 15 is 0 Å². The number of imidazole rings is 1. The number of aromatic nitrogens is 3. The summed E-state index contributed by atoms with van der Waals surface area (Å²) in [6, 6.07) is 8.46. The van der Waals surface area contributed by atoms with Crippen molar-refractivity contribution in [1.29, 1.82) is 0 Å². The van der Waals surface area contributed by atoms with Crippen molar-refractivity contribution in [3.63, 3.8) is 0 Å². The number of allylic oxidation sites excluding steroid dienone is 1. The van der Waals surface area contributed by atoms with E-state index in [1.807, 2.05) is 12.3 Å². The number of benzene rings is 1. The summed E-state index contributed by atoms with van der Waals surface area (Å²) < 4.78 is 16.3. The lowest BCUT2D eigenvalue weighted by Crippen LogP contribution is -2.23. The maximum Gasteiger partial charge on any atom is 0.147 e. The second-order valence-electron chi connectivity index (χ2n) is 5.95. The van der Waals surface area contributed by atoms with Crippen LogP contribution in [0.3, 0.4) is 0 Å². The van der Waals surface area contributed by atoms with Crippen molar-refractivity contribution >= 4 is 22.4 Å². The first kappa shape index (κ1) is 16.4. The summed E-state index contributed by atoms with van der Waals surface area (Å²) in [6.45, 7) is 0.406. The smallest absolute Gasteiger partial charge is 0.147 e. The molecule has 1 aliphatic heterocycles. The fourth-order valence-electron chi connectivity index (χ4n) is 3.07. The van der Waals surface area contributed by atoms with Crippen molar-refractivity contribution in [2.45, 2.75) is 12.8 Å². The highest BCUT2D eigenvalue weighted by Crippen LogP contribution is 2.29. The molecule has 0 saturated carbocycles. The molecule has 2 aromatic heterocycles. The number of halogens is 1.